The molecular formula is C69H44N4S2. The number of hydrogen-bond donors (Lipinski definition) is 0. The molecule has 0 unspecified atom stereocenters. The van der Waals surface area contributed by atoms with Crippen molar-refractivity contribution in [2.75, 3.05) is 0 Å². The Kier molecular flexibility index (Phi) is 10.4. The number of aromatic nitrogens is 4. The molecule has 6 heteroatoms. The third kappa shape index (κ3) is 7.36. The Balaban J connectivity index is 1.05. The van der Waals surface area contributed by atoms with Crippen LogP contribution in [0.4, 0.5) is 0 Å². The van der Waals surface area contributed by atoms with Gasteiger partial charge in [-0.2, -0.15) is 0 Å². The maximum absolute atomic E-state index is 5.34. The van der Waals surface area contributed by atoms with Crippen molar-refractivity contribution in [2.45, 2.75) is 12.8 Å². The second-order valence-electron chi connectivity index (χ2n) is 19.3. The Morgan fingerprint density at radius 1 is 0.347 bits per heavy atom. The summed E-state index contributed by atoms with van der Waals surface area (Å²) < 4.78 is 7.84. The minimum absolute atomic E-state index is 0.605. The highest BCUT2D eigenvalue weighted by Crippen LogP contribution is 2.50. The quantitative estimate of drug-likeness (QED) is 0.152. The molecule has 14 aromatic rings. The van der Waals surface area contributed by atoms with Crippen LogP contribution in [0.1, 0.15) is 18.4 Å². The van der Waals surface area contributed by atoms with Crippen LogP contribution in [0.15, 0.2) is 243 Å². The van der Waals surface area contributed by atoms with Crippen molar-refractivity contribution >= 4 is 90.4 Å². The van der Waals surface area contributed by atoms with E-state index in [-0.39, 0.29) is 0 Å². The highest BCUT2D eigenvalue weighted by molar-refractivity contribution is 7.30. The third-order valence-corrected chi connectivity index (χ3v) is 17.3. The molecule has 0 aliphatic heterocycles. The zero-order valence-corrected chi connectivity index (χ0v) is 42.2. The van der Waals surface area contributed by atoms with Gasteiger partial charge in [-0.1, -0.05) is 206 Å². The Hall–Kier alpha value is -9.07. The van der Waals surface area contributed by atoms with Crippen molar-refractivity contribution in [3.63, 3.8) is 0 Å². The number of hydrogen-bond acceptors (Lipinski definition) is 5. The monoisotopic (exact) mass is 992 g/mol. The van der Waals surface area contributed by atoms with Gasteiger partial charge in [0.2, 0.25) is 0 Å². The average molecular weight is 993 g/mol. The number of rotatable bonds is 8. The normalized spacial score (nSPS) is 12.7. The molecule has 0 saturated carbocycles. The lowest BCUT2D eigenvalue weighted by molar-refractivity contribution is 1.04. The van der Waals surface area contributed by atoms with Gasteiger partial charge in [0.25, 0.3) is 0 Å². The van der Waals surface area contributed by atoms with E-state index in [4.69, 9.17) is 15.0 Å². The van der Waals surface area contributed by atoms with E-state index in [2.05, 4.69) is 211 Å². The van der Waals surface area contributed by atoms with Crippen molar-refractivity contribution in [1.82, 2.24) is 19.5 Å². The second kappa shape index (κ2) is 17.8. The Bertz CT molecular complexity index is 4550. The molecule has 0 spiro atoms. The van der Waals surface area contributed by atoms with Crippen LogP contribution in [0.3, 0.4) is 0 Å². The van der Waals surface area contributed by atoms with Crippen LogP contribution in [0.25, 0.3) is 141 Å². The molecule has 75 heavy (non-hydrogen) atoms. The van der Waals surface area contributed by atoms with Crippen LogP contribution in [-0.2, 0) is 0 Å². The molecule has 1 aliphatic rings. The van der Waals surface area contributed by atoms with Crippen molar-refractivity contribution < 1.29 is 0 Å². The molecule has 0 amide bonds. The van der Waals surface area contributed by atoms with Crippen LogP contribution in [0.5, 0.6) is 0 Å². The maximum atomic E-state index is 5.34. The van der Waals surface area contributed by atoms with E-state index in [0.717, 1.165) is 74.1 Å². The summed E-state index contributed by atoms with van der Waals surface area (Å²) in [5.74, 6) is 1.85. The van der Waals surface area contributed by atoms with Crippen molar-refractivity contribution in [3.05, 3.63) is 248 Å². The summed E-state index contributed by atoms with van der Waals surface area (Å²) in [5.41, 5.74) is 15.3. The van der Waals surface area contributed by atoms with Gasteiger partial charge < -0.3 is 4.57 Å². The van der Waals surface area contributed by atoms with Crippen LogP contribution in [0, 0.1) is 0 Å². The van der Waals surface area contributed by atoms with E-state index < -0.39 is 0 Å². The Morgan fingerprint density at radius 2 is 0.867 bits per heavy atom. The van der Waals surface area contributed by atoms with Gasteiger partial charge in [0.05, 0.1) is 16.7 Å². The SMILES string of the molecule is C1=CC(c2ccc(-c3cc(-c4nc(-c5ccccc5)nc(-c5ccccc5)n4)cc(-c4ccc(-c5ccccc5)cc4)c3-n3c4ccccc4c4c5sc6c(ccc7sc8ccccc8c76)c5ccc43)cc2)=CCC1. The molecule has 0 N–H and O–H groups in total. The molecule has 0 bridgehead atoms. The van der Waals surface area contributed by atoms with Gasteiger partial charge >= 0.3 is 0 Å². The summed E-state index contributed by atoms with van der Waals surface area (Å²) in [4.78, 5) is 15.8. The fraction of sp³-hybridized carbons (Fsp3) is 0.0290. The first kappa shape index (κ1) is 43.5. The van der Waals surface area contributed by atoms with Crippen LogP contribution in [-0.4, -0.2) is 19.5 Å². The summed E-state index contributed by atoms with van der Waals surface area (Å²) in [5, 5.41) is 7.76. The fourth-order valence-corrected chi connectivity index (χ4v) is 13.9. The highest BCUT2D eigenvalue weighted by Gasteiger charge is 2.26. The lowest BCUT2D eigenvalue weighted by Gasteiger charge is -2.21. The zero-order valence-electron chi connectivity index (χ0n) is 40.6. The molecule has 0 fully saturated rings. The minimum Gasteiger partial charge on any atom is -0.308 e. The Morgan fingerprint density at radius 3 is 1.51 bits per heavy atom. The van der Waals surface area contributed by atoms with E-state index in [9.17, 15) is 0 Å². The van der Waals surface area contributed by atoms with Crippen LogP contribution >= 0.6 is 22.7 Å². The number of para-hydroxylation sites is 1. The first-order valence-electron chi connectivity index (χ1n) is 25.6. The topological polar surface area (TPSA) is 43.6 Å². The van der Waals surface area contributed by atoms with Gasteiger partial charge in [-0.15, -0.1) is 22.7 Å². The molecular weight excluding hydrogens is 949 g/mol. The first-order chi connectivity index (χ1) is 37.2. The number of allylic oxidation sites excluding steroid dienone is 4. The maximum Gasteiger partial charge on any atom is 0.164 e. The number of thiophene rings is 2. The molecule has 10 aromatic carbocycles. The fourth-order valence-electron chi connectivity index (χ4n) is 11.3. The molecule has 0 radical (unpaired) electrons. The first-order valence-corrected chi connectivity index (χ1v) is 27.2. The number of benzene rings is 10. The predicted molar refractivity (Wildman–Crippen MR) is 319 cm³/mol. The van der Waals surface area contributed by atoms with Gasteiger partial charge in [0.1, 0.15) is 0 Å². The van der Waals surface area contributed by atoms with Crippen molar-refractivity contribution in [2.24, 2.45) is 0 Å². The van der Waals surface area contributed by atoms with Crippen LogP contribution < -0.4 is 0 Å². The lowest BCUT2D eigenvalue weighted by Crippen LogP contribution is -2.04. The van der Waals surface area contributed by atoms with E-state index in [1.54, 1.807) is 0 Å². The van der Waals surface area contributed by atoms with Crippen LogP contribution in [0.2, 0.25) is 0 Å². The summed E-state index contributed by atoms with van der Waals surface area (Å²) in [6, 6.07) is 81.3. The molecule has 4 heterocycles. The van der Waals surface area contributed by atoms with E-state index >= 15 is 0 Å². The molecule has 4 aromatic heterocycles. The predicted octanol–water partition coefficient (Wildman–Crippen LogP) is 19.4. The van der Waals surface area contributed by atoms with Crippen molar-refractivity contribution in [3.8, 4) is 73.2 Å². The summed E-state index contributed by atoms with van der Waals surface area (Å²) >= 11 is 3.82. The van der Waals surface area contributed by atoms with Gasteiger partial charge in [0, 0.05) is 78.9 Å². The molecule has 4 nitrogen and oxygen atoms in total. The van der Waals surface area contributed by atoms with Gasteiger partial charge in [0.15, 0.2) is 17.5 Å². The van der Waals surface area contributed by atoms with E-state index in [1.165, 1.54) is 67.8 Å². The second-order valence-corrected chi connectivity index (χ2v) is 21.4. The Labute approximate surface area is 441 Å². The molecule has 352 valence electrons. The smallest absolute Gasteiger partial charge is 0.164 e. The molecule has 15 rings (SSSR count). The standard InChI is InChI=1S/C69H44N4S2/c1-5-17-43(18-6-1)45-29-33-47(34-30-45)56-41-51(69-71-67(49-21-9-3-10-22-49)70-68(72-69)50-23-11-4-12-24-50)42-57(48-35-31-46(32-36-48)44-19-7-2-8-20-44)64(56)73-58-27-15-13-25-54(58)62-59(73)39-37-52-53-38-40-61-63(66(53)75-65(52)62)55-26-14-16-28-60(55)74-61/h1,3-7,9-42H,2,8H2. The molecule has 1 aliphatic carbocycles. The minimum atomic E-state index is 0.605. The largest absolute Gasteiger partial charge is 0.308 e. The average Bonchev–Trinajstić information content (AvgIpc) is 4.17. The summed E-state index contributed by atoms with van der Waals surface area (Å²) in [6.45, 7) is 0. The van der Waals surface area contributed by atoms with Gasteiger partial charge in [-0.05, 0) is 82.6 Å². The number of fused-ring (bicyclic) bond motifs is 11. The van der Waals surface area contributed by atoms with E-state index in [1.807, 2.05) is 59.1 Å². The van der Waals surface area contributed by atoms with Gasteiger partial charge in [-0.25, -0.2) is 15.0 Å². The summed E-state index contributed by atoms with van der Waals surface area (Å²) in [6.07, 6.45) is 9.01. The highest BCUT2D eigenvalue weighted by atomic mass is 32.1. The van der Waals surface area contributed by atoms with Crippen molar-refractivity contribution in [1.29, 1.82) is 0 Å². The van der Waals surface area contributed by atoms with Gasteiger partial charge in [-0.3, -0.25) is 0 Å². The molecule has 0 atom stereocenters. The number of nitrogens with zero attached hydrogens (tertiary/aromatic N) is 4. The third-order valence-electron chi connectivity index (χ3n) is 14.9. The lowest BCUT2D eigenvalue weighted by atomic mass is 9.90. The van der Waals surface area contributed by atoms with E-state index in [0.29, 0.717) is 17.5 Å². The zero-order chi connectivity index (χ0) is 49.4. The summed E-state index contributed by atoms with van der Waals surface area (Å²) in [7, 11) is 0. The molecule has 0 saturated heterocycles.